The number of benzene rings is 1. The predicted octanol–water partition coefficient (Wildman–Crippen LogP) is 3.35. The number of hydrogen-bond donors (Lipinski definition) is 1. The number of carbonyl (C=O) groups excluding carboxylic acids is 1. The molecule has 0 unspecified atom stereocenters. The number of piperidine rings is 1. The molecule has 1 amide bonds. The third kappa shape index (κ3) is 4.39. The lowest BCUT2D eigenvalue weighted by molar-refractivity contribution is 0.0923. The van der Waals surface area contributed by atoms with E-state index >= 15 is 0 Å². The van der Waals surface area contributed by atoms with Crippen molar-refractivity contribution >= 4 is 17.5 Å². The molecular formula is C20H23ClN2O4. The number of furan rings is 1. The second-order valence-electron chi connectivity index (χ2n) is 6.97. The van der Waals surface area contributed by atoms with Crippen molar-refractivity contribution in [3.63, 3.8) is 0 Å². The molecule has 27 heavy (non-hydrogen) atoms. The van der Waals surface area contributed by atoms with Gasteiger partial charge in [0.1, 0.15) is 19.0 Å². The zero-order valence-corrected chi connectivity index (χ0v) is 15.8. The summed E-state index contributed by atoms with van der Waals surface area (Å²) in [5, 5.41) is 3.49. The standard InChI is InChI=1S/C20H23ClN2O4/c21-18-5-4-15(27-18)13-23-8-6-14(7-9-23)12-22-20(24)16-2-1-3-17-19(16)26-11-10-25-17/h1-5,14H,6-13H2,(H,22,24). The van der Waals surface area contributed by atoms with Crippen molar-refractivity contribution < 1.29 is 18.7 Å². The van der Waals surface area contributed by atoms with E-state index in [9.17, 15) is 4.79 Å². The van der Waals surface area contributed by atoms with Gasteiger partial charge in [-0.3, -0.25) is 9.69 Å². The number of ether oxygens (including phenoxy) is 2. The van der Waals surface area contributed by atoms with Gasteiger partial charge in [-0.1, -0.05) is 6.07 Å². The van der Waals surface area contributed by atoms with Crippen molar-refractivity contribution in [1.29, 1.82) is 0 Å². The first-order valence-corrected chi connectivity index (χ1v) is 9.70. The zero-order chi connectivity index (χ0) is 18.6. The Hall–Kier alpha value is -2.18. The molecule has 0 saturated carbocycles. The molecule has 6 nitrogen and oxygen atoms in total. The normalized spacial score (nSPS) is 17.7. The molecule has 7 heteroatoms. The first-order chi connectivity index (χ1) is 13.2. The number of hydrogen-bond acceptors (Lipinski definition) is 5. The van der Waals surface area contributed by atoms with Gasteiger partial charge in [-0.25, -0.2) is 0 Å². The summed E-state index contributed by atoms with van der Waals surface area (Å²) in [4.78, 5) is 14.9. The molecule has 2 aliphatic heterocycles. The van der Waals surface area contributed by atoms with Gasteiger partial charge in [0.25, 0.3) is 5.91 Å². The van der Waals surface area contributed by atoms with E-state index in [4.69, 9.17) is 25.5 Å². The van der Waals surface area contributed by atoms with Crippen LogP contribution in [0.25, 0.3) is 0 Å². The first kappa shape index (κ1) is 18.2. The van der Waals surface area contributed by atoms with Crippen LogP contribution in [0, 0.1) is 5.92 Å². The summed E-state index contributed by atoms with van der Waals surface area (Å²) in [7, 11) is 0. The summed E-state index contributed by atoms with van der Waals surface area (Å²) >= 11 is 5.82. The highest BCUT2D eigenvalue weighted by Crippen LogP contribution is 2.33. The number of amides is 1. The molecular weight excluding hydrogens is 368 g/mol. The van der Waals surface area contributed by atoms with E-state index in [1.54, 1.807) is 12.1 Å². The molecule has 0 atom stereocenters. The van der Waals surface area contributed by atoms with Crippen molar-refractivity contribution in [2.75, 3.05) is 32.8 Å². The van der Waals surface area contributed by atoms with Crippen LogP contribution in [0.4, 0.5) is 0 Å². The highest BCUT2D eigenvalue weighted by atomic mass is 35.5. The van der Waals surface area contributed by atoms with E-state index in [0.717, 1.165) is 38.2 Å². The van der Waals surface area contributed by atoms with Crippen LogP contribution in [0.3, 0.4) is 0 Å². The number of nitrogens with one attached hydrogen (secondary N) is 1. The lowest BCUT2D eigenvalue weighted by atomic mass is 9.96. The molecule has 2 aliphatic rings. The fourth-order valence-electron chi connectivity index (χ4n) is 3.59. The van der Waals surface area contributed by atoms with Crippen LogP contribution < -0.4 is 14.8 Å². The van der Waals surface area contributed by atoms with Gasteiger partial charge < -0.3 is 19.2 Å². The Morgan fingerprint density at radius 1 is 1.15 bits per heavy atom. The number of carbonyl (C=O) groups is 1. The third-order valence-electron chi connectivity index (χ3n) is 5.08. The summed E-state index contributed by atoms with van der Waals surface area (Å²) in [6.45, 7) is 4.40. The summed E-state index contributed by atoms with van der Waals surface area (Å²) < 4.78 is 16.6. The Morgan fingerprint density at radius 2 is 1.96 bits per heavy atom. The number of nitrogens with zero attached hydrogens (tertiary/aromatic N) is 1. The zero-order valence-electron chi connectivity index (χ0n) is 15.1. The minimum atomic E-state index is -0.106. The summed E-state index contributed by atoms with van der Waals surface area (Å²) in [5.41, 5.74) is 0.541. The highest BCUT2D eigenvalue weighted by Gasteiger charge is 2.23. The molecule has 1 N–H and O–H groups in total. The second kappa shape index (κ2) is 8.23. The number of likely N-dealkylation sites (tertiary alicyclic amines) is 1. The van der Waals surface area contributed by atoms with E-state index in [2.05, 4.69) is 10.2 Å². The van der Waals surface area contributed by atoms with Crippen molar-refractivity contribution in [3.8, 4) is 11.5 Å². The van der Waals surface area contributed by atoms with E-state index < -0.39 is 0 Å². The second-order valence-corrected chi connectivity index (χ2v) is 7.34. The van der Waals surface area contributed by atoms with Crippen molar-refractivity contribution in [2.45, 2.75) is 19.4 Å². The number of para-hydroxylation sites is 1. The molecule has 1 saturated heterocycles. The van der Waals surface area contributed by atoms with Gasteiger partial charge >= 0.3 is 0 Å². The van der Waals surface area contributed by atoms with Crippen molar-refractivity contribution in [2.24, 2.45) is 5.92 Å². The monoisotopic (exact) mass is 390 g/mol. The lowest BCUT2D eigenvalue weighted by Crippen LogP contribution is -2.38. The third-order valence-corrected chi connectivity index (χ3v) is 5.28. The van der Waals surface area contributed by atoms with Gasteiger partial charge in [0, 0.05) is 6.54 Å². The fourth-order valence-corrected chi connectivity index (χ4v) is 3.75. The maximum Gasteiger partial charge on any atom is 0.255 e. The van der Waals surface area contributed by atoms with E-state index in [0.29, 0.717) is 48.0 Å². The SMILES string of the molecule is O=C(NCC1CCN(Cc2ccc(Cl)o2)CC1)c1cccc2c1OCCO2. The van der Waals surface area contributed by atoms with Crippen LogP contribution in [-0.2, 0) is 6.54 Å². The molecule has 0 aliphatic carbocycles. The van der Waals surface area contributed by atoms with Crippen molar-refractivity contribution in [3.05, 3.63) is 46.9 Å². The number of halogens is 1. The Bertz CT molecular complexity index is 799. The van der Waals surface area contributed by atoms with Gasteiger partial charge in [0.2, 0.25) is 0 Å². The first-order valence-electron chi connectivity index (χ1n) is 9.32. The predicted molar refractivity (Wildman–Crippen MR) is 101 cm³/mol. The van der Waals surface area contributed by atoms with Gasteiger partial charge in [0.05, 0.1) is 12.1 Å². The topological polar surface area (TPSA) is 63.9 Å². The molecule has 1 fully saturated rings. The maximum absolute atomic E-state index is 12.6. The average molecular weight is 391 g/mol. The van der Waals surface area contributed by atoms with Crippen LogP contribution in [-0.4, -0.2) is 43.7 Å². The van der Waals surface area contributed by atoms with E-state index in [1.165, 1.54) is 0 Å². The average Bonchev–Trinajstić information content (AvgIpc) is 3.11. The molecule has 1 aromatic heterocycles. The molecule has 144 valence electrons. The van der Waals surface area contributed by atoms with Gasteiger partial charge in [0.15, 0.2) is 16.7 Å². The van der Waals surface area contributed by atoms with E-state index in [-0.39, 0.29) is 5.91 Å². The number of fused-ring (bicyclic) bond motifs is 1. The van der Waals surface area contributed by atoms with Crippen LogP contribution in [0.15, 0.2) is 34.7 Å². The van der Waals surface area contributed by atoms with Gasteiger partial charge in [-0.05, 0) is 67.7 Å². The molecule has 0 radical (unpaired) electrons. The summed E-state index contributed by atoms with van der Waals surface area (Å²) in [5.74, 6) is 2.45. The number of rotatable bonds is 5. The molecule has 3 heterocycles. The Labute approximate surface area is 163 Å². The summed E-state index contributed by atoms with van der Waals surface area (Å²) in [6.07, 6.45) is 2.09. The quantitative estimate of drug-likeness (QED) is 0.848. The Morgan fingerprint density at radius 3 is 2.74 bits per heavy atom. The minimum Gasteiger partial charge on any atom is -0.486 e. The lowest BCUT2D eigenvalue weighted by Gasteiger charge is -2.31. The minimum absolute atomic E-state index is 0.106. The smallest absolute Gasteiger partial charge is 0.255 e. The maximum atomic E-state index is 12.6. The molecule has 0 spiro atoms. The molecule has 2 aromatic rings. The molecule has 4 rings (SSSR count). The fraction of sp³-hybridized carbons (Fsp3) is 0.450. The Kier molecular flexibility index (Phi) is 5.55. The Balaban J connectivity index is 1.26. The highest BCUT2D eigenvalue weighted by molar-refractivity contribution is 6.28. The van der Waals surface area contributed by atoms with Crippen LogP contribution in [0.2, 0.25) is 5.22 Å². The van der Waals surface area contributed by atoms with E-state index in [1.807, 2.05) is 18.2 Å². The van der Waals surface area contributed by atoms with Crippen LogP contribution in [0.1, 0.15) is 29.0 Å². The summed E-state index contributed by atoms with van der Waals surface area (Å²) in [6, 6.07) is 9.12. The van der Waals surface area contributed by atoms with Gasteiger partial charge in [-0.2, -0.15) is 0 Å². The van der Waals surface area contributed by atoms with Crippen LogP contribution in [0.5, 0.6) is 11.5 Å². The van der Waals surface area contributed by atoms with Crippen molar-refractivity contribution in [1.82, 2.24) is 10.2 Å². The van der Waals surface area contributed by atoms with Crippen LogP contribution >= 0.6 is 11.6 Å². The van der Waals surface area contributed by atoms with Gasteiger partial charge in [-0.15, -0.1) is 0 Å². The largest absolute Gasteiger partial charge is 0.486 e. The molecule has 1 aromatic carbocycles. The molecule has 0 bridgehead atoms.